The summed E-state index contributed by atoms with van der Waals surface area (Å²) in [7, 11) is 0. The zero-order chi connectivity index (χ0) is 13.4. The maximum atomic E-state index is 10.1. The van der Waals surface area contributed by atoms with Crippen LogP contribution >= 0.6 is 31.9 Å². The summed E-state index contributed by atoms with van der Waals surface area (Å²) in [6.45, 7) is 1.79. The standard InChI is InChI=1S/C12H16Br2N2O2/c13-10-6-9(2-3-15)7-11(14)12(10)18-5-1-4-16-8-17/h6-8H,1-5,15H2,(H,16,17). The quantitative estimate of drug-likeness (QED) is 0.537. The van der Waals surface area contributed by atoms with E-state index in [0.29, 0.717) is 26.1 Å². The Bertz CT molecular complexity index is 377. The number of hydrogen-bond donors (Lipinski definition) is 2. The Kier molecular flexibility index (Phi) is 7.31. The van der Waals surface area contributed by atoms with Crippen molar-refractivity contribution in [3.8, 4) is 5.75 Å². The van der Waals surface area contributed by atoms with Crippen LogP contribution in [-0.2, 0) is 11.2 Å². The van der Waals surface area contributed by atoms with Gasteiger partial charge in [-0.3, -0.25) is 4.79 Å². The Hall–Kier alpha value is -0.590. The second-order valence-electron chi connectivity index (χ2n) is 3.70. The number of halogens is 2. The van der Waals surface area contributed by atoms with E-state index in [1.54, 1.807) is 0 Å². The van der Waals surface area contributed by atoms with Gasteiger partial charge in [-0.15, -0.1) is 0 Å². The van der Waals surface area contributed by atoms with E-state index in [1.165, 1.54) is 0 Å². The summed E-state index contributed by atoms with van der Waals surface area (Å²) in [5, 5.41) is 2.59. The van der Waals surface area contributed by atoms with Gasteiger partial charge in [0.25, 0.3) is 0 Å². The molecule has 4 nitrogen and oxygen atoms in total. The number of ether oxygens (including phenoxy) is 1. The molecular formula is C12H16Br2N2O2. The molecule has 18 heavy (non-hydrogen) atoms. The third-order valence-corrected chi connectivity index (χ3v) is 3.46. The van der Waals surface area contributed by atoms with Crippen LogP contribution in [0.15, 0.2) is 21.1 Å². The highest BCUT2D eigenvalue weighted by atomic mass is 79.9. The van der Waals surface area contributed by atoms with E-state index >= 15 is 0 Å². The van der Waals surface area contributed by atoms with Gasteiger partial charge in [0, 0.05) is 6.54 Å². The maximum absolute atomic E-state index is 10.1. The fourth-order valence-corrected chi connectivity index (χ4v) is 2.98. The number of hydrogen-bond acceptors (Lipinski definition) is 3. The topological polar surface area (TPSA) is 64.3 Å². The van der Waals surface area contributed by atoms with Gasteiger partial charge in [-0.25, -0.2) is 0 Å². The maximum Gasteiger partial charge on any atom is 0.207 e. The number of carbonyl (C=O) groups excluding carboxylic acids is 1. The van der Waals surface area contributed by atoms with Crippen LogP contribution < -0.4 is 15.8 Å². The van der Waals surface area contributed by atoms with E-state index in [2.05, 4.69) is 37.2 Å². The lowest BCUT2D eigenvalue weighted by atomic mass is 10.1. The normalized spacial score (nSPS) is 10.2. The lowest BCUT2D eigenvalue weighted by molar-refractivity contribution is -0.109. The van der Waals surface area contributed by atoms with Gasteiger partial charge >= 0.3 is 0 Å². The Morgan fingerprint density at radius 1 is 1.33 bits per heavy atom. The molecule has 0 fully saturated rings. The first-order chi connectivity index (χ1) is 8.69. The van der Waals surface area contributed by atoms with E-state index in [4.69, 9.17) is 10.5 Å². The average molecular weight is 380 g/mol. The van der Waals surface area contributed by atoms with Crippen molar-refractivity contribution in [3.63, 3.8) is 0 Å². The molecule has 0 bridgehead atoms. The van der Waals surface area contributed by atoms with Gasteiger partial charge in [0.1, 0.15) is 5.75 Å². The van der Waals surface area contributed by atoms with Gasteiger partial charge < -0.3 is 15.8 Å². The zero-order valence-corrected chi connectivity index (χ0v) is 13.1. The Morgan fingerprint density at radius 3 is 2.56 bits per heavy atom. The van der Waals surface area contributed by atoms with Crippen molar-refractivity contribution in [2.24, 2.45) is 5.73 Å². The fourth-order valence-electron chi connectivity index (χ4n) is 1.47. The number of nitrogens with one attached hydrogen (secondary N) is 1. The first-order valence-electron chi connectivity index (χ1n) is 5.67. The van der Waals surface area contributed by atoms with Crippen LogP contribution in [0.25, 0.3) is 0 Å². The predicted molar refractivity (Wildman–Crippen MR) is 78.8 cm³/mol. The lowest BCUT2D eigenvalue weighted by Gasteiger charge is -2.12. The van der Waals surface area contributed by atoms with Crippen LogP contribution in [-0.4, -0.2) is 26.1 Å². The second kappa shape index (κ2) is 8.50. The molecule has 0 aliphatic rings. The molecule has 0 aromatic heterocycles. The number of carbonyl (C=O) groups is 1. The number of rotatable bonds is 8. The predicted octanol–water partition coefficient (Wildman–Crippen LogP) is 2.23. The van der Waals surface area contributed by atoms with Crippen LogP contribution in [0.1, 0.15) is 12.0 Å². The van der Waals surface area contributed by atoms with Crippen LogP contribution in [0.4, 0.5) is 0 Å². The molecule has 1 aromatic rings. The van der Waals surface area contributed by atoms with E-state index in [1.807, 2.05) is 12.1 Å². The summed E-state index contributed by atoms with van der Waals surface area (Å²) in [5.74, 6) is 0.780. The van der Waals surface area contributed by atoms with Crippen LogP contribution in [0.3, 0.4) is 0 Å². The third kappa shape index (κ3) is 4.96. The van der Waals surface area contributed by atoms with Crippen LogP contribution in [0, 0.1) is 0 Å². The highest BCUT2D eigenvalue weighted by molar-refractivity contribution is 9.11. The third-order valence-electron chi connectivity index (χ3n) is 2.29. The fraction of sp³-hybridized carbons (Fsp3) is 0.417. The first kappa shape index (κ1) is 15.5. The molecule has 0 atom stereocenters. The molecular weight excluding hydrogens is 364 g/mol. The van der Waals surface area contributed by atoms with Gasteiger partial charge in [-0.05, 0) is 68.9 Å². The van der Waals surface area contributed by atoms with Gasteiger partial charge in [0.2, 0.25) is 6.41 Å². The summed E-state index contributed by atoms with van der Waals surface area (Å²) in [6.07, 6.45) is 2.29. The molecule has 3 N–H and O–H groups in total. The molecule has 0 aliphatic heterocycles. The van der Waals surface area contributed by atoms with Gasteiger partial charge in [0.05, 0.1) is 15.6 Å². The Balaban J connectivity index is 2.57. The van der Waals surface area contributed by atoms with Crippen molar-refractivity contribution < 1.29 is 9.53 Å². The largest absolute Gasteiger partial charge is 0.491 e. The zero-order valence-electron chi connectivity index (χ0n) is 9.92. The summed E-state index contributed by atoms with van der Waals surface area (Å²) in [6, 6.07) is 4.02. The molecule has 6 heteroatoms. The van der Waals surface area contributed by atoms with Crippen molar-refractivity contribution in [2.45, 2.75) is 12.8 Å². The van der Waals surface area contributed by atoms with Crippen molar-refractivity contribution >= 4 is 38.3 Å². The van der Waals surface area contributed by atoms with Crippen molar-refractivity contribution in [1.82, 2.24) is 5.32 Å². The molecule has 0 saturated heterocycles. The molecule has 0 aliphatic carbocycles. The van der Waals surface area contributed by atoms with Crippen LogP contribution in [0.5, 0.6) is 5.75 Å². The molecule has 100 valence electrons. The minimum atomic E-state index is 0.550. The van der Waals surface area contributed by atoms with Crippen molar-refractivity contribution in [1.29, 1.82) is 0 Å². The summed E-state index contributed by atoms with van der Waals surface area (Å²) < 4.78 is 7.48. The molecule has 0 spiro atoms. The number of nitrogens with two attached hydrogens (primary N) is 1. The molecule has 1 aromatic carbocycles. The number of amides is 1. The van der Waals surface area contributed by atoms with Gasteiger partial charge in [-0.1, -0.05) is 0 Å². The molecule has 0 unspecified atom stereocenters. The first-order valence-corrected chi connectivity index (χ1v) is 7.25. The molecule has 0 saturated carbocycles. The van der Waals surface area contributed by atoms with E-state index in [-0.39, 0.29) is 0 Å². The SMILES string of the molecule is NCCc1cc(Br)c(OCCCNC=O)c(Br)c1. The summed E-state index contributed by atoms with van der Waals surface area (Å²) in [5.41, 5.74) is 6.69. The molecule has 1 rings (SSSR count). The average Bonchev–Trinajstić information content (AvgIpc) is 2.32. The van der Waals surface area contributed by atoms with Gasteiger partial charge in [-0.2, -0.15) is 0 Å². The highest BCUT2D eigenvalue weighted by Crippen LogP contribution is 2.34. The molecule has 0 radical (unpaired) electrons. The smallest absolute Gasteiger partial charge is 0.207 e. The van der Waals surface area contributed by atoms with E-state index in [9.17, 15) is 4.79 Å². The van der Waals surface area contributed by atoms with Crippen molar-refractivity contribution in [2.75, 3.05) is 19.7 Å². The minimum Gasteiger partial charge on any atom is -0.491 e. The Labute approximate surface area is 124 Å². The number of benzene rings is 1. The minimum absolute atomic E-state index is 0.550. The Morgan fingerprint density at radius 2 is 2.00 bits per heavy atom. The lowest BCUT2D eigenvalue weighted by Crippen LogP contribution is -2.15. The second-order valence-corrected chi connectivity index (χ2v) is 5.41. The highest BCUT2D eigenvalue weighted by Gasteiger charge is 2.08. The van der Waals surface area contributed by atoms with Gasteiger partial charge in [0.15, 0.2) is 0 Å². The van der Waals surface area contributed by atoms with E-state index in [0.717, 1.165) is 33.1 Å². The van der Waals surface area contributed by atoms with Crippen molar-refractivity contribution in [3.05, 3.63) is 26.6 Å². The molecule has 1 amide bonds. The summed E-state index contributed by atoms with van der Waals surface area (Å²) in [4.78, 5) is 10.1. The van der Waals surface area contributed by atoms with Crippen LogP contribution in [0.2, 0.25) is 0 Å². The molecule has 0 heterocycles. The van der Waals surface area contributed by atoms with E-state index < -0.39 is 0 Å². The monoisotopic (exact) mass is 378 g/mol. The summed E-state index contributed by atoms with van der Waals surface area (Å²) >= 11 is 6.97.